The van der Waals surface area contributed by atoms with Crippen molar-refractivity contribution in [1.29, 1.82) is 0 Å². The molecule has 3 saturated carbocycles. The van der Waals surface area contributed by atoms with Crippen LogP contribution >= 0.6 is 0 Å². The molecule has 4 aliphatic carbocycles. The summed E-state index contributed by atoms with van der Waals surface area (Å²) in [7, 11) is 1.54. The molecule has 8 nitrogen and oxygen atoms in total. The number of rotatable bonds is 5. The summed E-state index contributed by atoms with van der Waals surface area (Å²) in [5.74, 6) is 0.586. The van der Waals surface area contributed by atoms with Gasteiger partial charge in [-0.1, -0.05) is 35.8 Å². The van der Waals surface area contributed by atoms with E-state index in [1.807, 2.05) is 13.8 Å². The smallest absolute Gasteiger partial charge is 0.356 e. The van der Waals surface area contributed by atoms with E-state index >= 15 is 0 Å². The van der Waals surface area contributed by atoms with Crippen LogP contribution in [-0.4, -0.2) is 48.8 Å². The third-order valence-corrected chi connectivity index (χ3v) is 10.5. The van der Waals surface area contributed by atoms with Crippen molar-refractivity contribution in [3.8, 4) is 0 Å². The zero-order chi connectivity index (χ0) is 25.9. The standard InChI is InChI=1S/C28H40N2O6/c1-7-34-25(32)24-23-15-22-20-9-8-18-14-19(35-17(3)31)10-12-26(18,4)21(20)11-13-27(22,5)28(23,36-30-24)16(2)29-33-6/h8,19-23H,7,9-15H2,1-6H3. The Bertz CT molecular complexity index is 1040. The topological polar surface area (TPSA) is 95.8 Å². The van der Waals surface area contributed by atoms with Crippen LogP contribution in [0.1, 0.15) is 79.6 Å². The Balaban J connectivity index is 1.50. The Morgan fingerprint density at radius 3 is 2.67 bits per heavy atom. The molecule has 0 radical (unpaired) electrons. The maximum absolute atomic E-state index is 12.9. The fourth-order valence-electron chi connectivity index (χ4n) is 8.97. The molecule has 0 amide bonds. The van der Waals surface area contributed by atoms with E-state index in [4.69, 9.17) is 19.1 Å². The van der Waals surface area contributed by atoms with Crippen molar-refractivity contribution in [2.45, 2.75) is 91.3 Å². The second-order valence-corrected chi connectivity index (χ2v) is 11.9. The summed E-state index contributed by atoms with van der Waals surface area (Å²) < 4.78 is 11.0. The number of nitrogens with zero attached hydrogens (tertiary/aromatic N) is 2. The van der Waals surface area contributed by atoms with Gasteiger partial charge in [0.15, 0.2) is 11.3 Å². The lowest BCUT2D eigenvalue weighted by molar-refractivity contribution is -0.149. The first-order valence-electron chi connectivity index (χ1n) is 13.5. The molecule has 5 aliphatic rings. The highest BCUT2D eigenvalue weighted by molar-refractivity contribution is 6.38. The van der Waals surface area contributed by atoms with Crippen molar-refractivity contribution >= 4 is 23.4 Å². The van der Waals surface area contributed by atoms with Gasteiger partial charge in [0, 0.05) is 18.8 Å². The van der Waals surface area contributed by atoms with Crippen LogP contribution < -0.4 is 0 Å². The summed E-state index contributed by atoms with van der Waals surface area (Å²) in [5.41, 5.74) is 1.65. The van der Waals surface area contributed by atoms with Gasteiger partial charge in [-0.05, 0) is 75.5 Å². The fourth-order valence-corrected chi connectivity index (χ4v) is 8.97. The first-order chi connectivity index (χ1) is 17.1. The maximum Gasteiger partial charge on any atom is 0.356 e. The SMILES string of the molecule is CCOC(=O)C1=NOC2(C(C)=NOC)C1CC1C3CC=C4CC(OC(C)=O)CCC4(C)C3CCC12C. The summed E-state index contributed by atoms with van der Waals surface area (Å²) in [5, 5.41) is 8.66. The highest BCUT2D eigenvalue weighted by atomic mass is 16.7. The molecule has 1 aliphatic heterocycles. The van der Waals surface area contributed by atoms with Crippen LogP contribution in [0.15, 0.2) is 22.0 Å². The predicted molar refractivity (Wildman–Crippen MR) is 134 cm³/mol. The highest BCUT2D eigenvalue weighted by Gasteiger charge is 2.74. The number of oxime groups is 2. The molecule has 36 heavy (non-hydrogen) atoms. The summed E-state index contributed by atoms with van der Waals surface area (Å²) in [6.45, 7) is 10.3. The average molecular weight is 501 g/mol. The van der Waals surface area contributed by atoms with E-state index in [1.165, 1.54) is 12.5 Å². The minimum atomic E-state index is -0.807. The normalized spacial score (nSPS) is 43.1. The lowest BCUT2D eigenvalue weighted by Gasteiger charge is -2.58. The van der Waals surface area contributed by atoms with E-state index in [2.05, 4.69) is 30.2 Å². The summed E-state index contributed by atoms with van der Waals surface area (Å²) >= 11 is 0. The van der Waals surface area contributed by atoms with Crippen molar-refractivity contribution in [1.82, 2.24) is 0 Å². The number of hydrogen-bond acceptors (Lipinski definition) is 8. The molecule has 5 rings (SSSR count). The summed E-state index contributed by atoms with van der Waals surface area (Å²) in [6, 6.07) is 0. The van der Waals surface area contributed by atoms with Crippen LogP contribution in [-0.2, 0) is 28.7 Å². The number of hydrogen-bond donors (Lipinski definition) is 0. The average Bonchev–Trinajstić information content (AvgIpc) is 3.33. The molecule has 0 spiro atoms. The van der Waals surface area contributed by atoms with Crippen molar-refractivity contribution < 1.29 is 28.7 Å². The number of esters is 2. The monoisotopic (exact) mass is 500 g/mol. The quantitative estimate of drug-likeness (QED) is 0.232. The molecule has 8 unspecified atom stereocenters. The molecule has 0 aromatic rings. The van der Waals surface area contributed by atoms with E-state index < -0.39 is 11.6 Å². The zero-order valence-corrected chi connectivity index (χ0v) is 22.5. The molecule has 1 heterocycles. The zero-order valence-electron chi connectivity index (χ0n) is 22.5. The second kappa shape index (κ2) is 8.88. The Labute approximate surface area is 213 Å². The van der Waals surface area contributed by atoms with Crippen molar-refractivity contribution in [2.75, 3.05) is 13.7 Å². The van der Waals surface area contributed by atoms with Gasteiger partial charge in [0.25, 0.3) is 0 Å². The second-order valence-electron chi connectivity index (χ2n) is 11.9. The molecule has 0 N–H and O–H groups in total. The first kappa shape index (κ1) is 25.3. The Hall–Kier alpha value is -2.38. The molecule has 8 heteroatoms. The molecule has 0 bridgehead atoms. The van der Waals surface area contributed by atoms with E-state index in [0.717, 1.165) is 50.7 Å². The predicted octanol–water partition coefficient (Wildman–Crippen LogP) is 4.82. The number of fused-ring (bicyclic) bond motifs is 7. The lowest BCUT2D eigenvalue weighted by Crippen LogP contribution is -2.59. The van der Waals surface area contributed by atoms with Crippen LogP contribution in [0.2, 0.25) is 0 Å². The maximum atomic E-state index is 12.9. The molecule has 3 fully saturated rings. The lowest BCUT2D eigenvalue weighted by atomic mass is 9.46. The van der Waals surface area contributed by atoms with E-state index in [1.54, 1.807) is 7.11 Å². The van der Waals surface area contributed by atoms with Gasteiger partial charge < -0.3 is 19.1 Å². The summed E-state index contributed by atoms with van der Waals surface area (Å²) in [6.07, 6.45) is 9.07. The third kappa shape index (κ3) is 3.38. The van der Waals surface area contributed by atoms with Crippen LogP contribution in [0, 0.1) is 34.5 Å². The van der Waals surface area contributed by atoms with Crippen LogP contribution in [0.25, 0.3) is 0 Å². The van der Waals surface area contributed by atoms with E-state index in [-0.39, 0.29) is 28.8 Å². The molecule has 0 aromatic carbocycles. The van der Waals surface area contributed by atoms with E-state index in [0.29, 0.717) is 30.1 Å². The molecule has 8 atom stereocenters. The Morgan fingerprint density at radius 2 is 1.97 bits per heavy atom. The number of carbonyl (C=O) groups is 2. The van der Waals surface area contributed by atoms with Gasteiger partial charge >= 0.3 is 11.9 Å². The van der Waals surface area contributed by atoms with Crippen LogP contribution in [0.4, 0.5) is 0 Å². The highest BCUT2D eigenvalue weighted by Crippen LogP contribution is 2.70. The summed E-state index contributed by atoms with van der Waals surface area (Å²) in [4.78, 5) is 36.0. The number of carbonyl (C=O) groups excluding carboxylic acids is 2. The molecular formula is C28H40N2O6. The molecule has 0 aromatic heterocycles. The fraction of sp³-hybridized carbons (Fsp3) is 0.786. The van der Waals surface area contributed by atoms with Gasteiger partial charge in [-0.25, -0.2) is 4.79 Å². The Morgan fingerprint density at radius 1 is 1.19 bits per heavy atom. The molecule has 0 saturated heterocycles. The van der Waals surface area contributed by atoms with Crippen molar-refractivity contribution in [3.63, 3.8) is 0 Å². The molecule has 198 valence electrons. The number of ether oxygens (including phenoxy) is 2. The van der Waals surface area contributed by atoms with Crippen molar-refractivity contribution in [2.24, 2.45) is 44.8 Å². The van der Waals surface area contributed by atoms with Gasteiger partial charge in [-0.2, -0.15) is 0 Å². The minimum Gasteiger partial charge on any atom is -0.462 e. The Kier molecular flexibility index (Phi) is 6.23. The van der Waals surface area contributed by atoms with Gasteiger partial charge in [0.1, 0.15) is 18.9 Å². The van der Waals surface area contributed by atoms with Gasteiger partial charge in [-0.3, -0.25) is 4.79 Å². The molecular weight excluding hydrogens is 460 g/mol. The first-order valence-corrected chi connectivity index (χ1v) is 13.5. The largest absolute Gasteiger partial charge is 0.462 e. The van der Waals surface area contributed by atoms with Gasteiger partial charge in [-0.15, -0.1) is 0 Å². The van der Waals surface area contributed by atoms with Crippen LogP contribution in [0.5, 0.6) is 0 Å². The van der Waals surface area contributed by atoms with Crippen molar-refractivity contribution in [3.05, 3.63) is 11.6 Å². The third-order valence-electron chi connectivity index (χ3n) is 10.5. The van der Waals surface area contributed by atoms with Gasteiger partial charge in [0.2, 0.25) is 0 Å². The van der Waals surface area contributed by atoms with Crippen LogP contribution in [0.3, 0.4) is 0 Å². The number of allylic oxidation sites excluding steroid dienone is 1. The minimum absolute atomic E-state index is 0.00834. The van der Waals surface area contributed by atoms with E-state index in [9.17, 15) is 9.59 Å². The van der Waals surface area contributed by atoms with Gasteiger partial charge in [0.05, 0.1) is 12.5 Å².